The average molecular weight is 413 g/mol. The van der Waals surface area contributed by atoms with Crippen LogP contribution in [0, 0.1) is 11.8 Å². The maximum atomic E-state index is 13.0. The van der Waals surface area contributed by atoms with Crippen molar-refractivity contribution in [1.29, 1.82) is 0 Å². The standard InChI is InChI=1S/C22H28N4O2S/c1-14-11-17(14)22(28)26-8-3-2-6-19(26)20-23-18-13-25(12-15-5-4-10-29-15)9-7-16(18)21(27)24-20/h4-5,10,14,17,19H,2-3,6-9,11-13H2,1H3,(H,23,24,27)/t14-,17+,19+/m1/s1. The van der Waals surface area contributed by atoms with Gasteiger partial charge in [0.1, 0.15) is 5.82 Å². The van der Waals surface area contributed by atoms with Crippen LogP contribution in [0.1, 0.15) is 60.6 Å². The van der Waals surface area contributed by atoms with Gasteiger partial charge >= 0.3 is 0 Å². The number of piperidine rings is 1. The van der Waals surface area contributed by atoms with E-state index in [0.29, 0.717) is 18.3 Å². The summed E-state index contributed by atoms with van der Waals surface area (Å²) in [6, 6.07) is 4.14. The Morgan fingerprint density at radius 3 is 2.97 bits per heavy atom. The quantitative estimate of drug-likeness (QED) is 0.838. The highest BCUT2D eigenvalue weighted by atomic mass is 32.1. The number of thiophene rings is 1. The molecule has 2 fully saturated rings. The number of hydrogen-bond donors (Lipinski definition) is 1. The number of carbonyl (C=O) groups is 1. The Balaban J connectivity index is 1.40. The van der Waals surface area contributed by atoms with Crippen LogP contribution in [0.25, 0.3) is 0 Å². The third-order valence-electron chi connectivity index (χ3n) is 6.66. The molecule has 4 heterocycles. The van der Waals surface area contributed by atoms with Crippen molar-refractivity contribution in [3.05, 3.63) is 49.8 Å². The molecule has 1 amide bonds. The zero-order chi connectivity index (χ0) is 20.0. The van der Waals surface area contributed by atoms with Crippen molar-refractivity contribution in [3.63, 3.8) is 0 Å². The number of hydrogen-bond acceptors (Lipinski definition) is 5. The SMILES string of the molecule is C[C@@H]1C[C@@H]1C(=O)N1CCCC[C@H]1c1nc2c(c(=O)[nH]1)CCN(Cc1cccs1)C2. The Labute approximate surface area is 175 Å². The van der Waals surface area contributed by atoms with E-state index in [1.165, 1.54) is 4.88 Å². The van der Waals surface area contributed by atoms with Gasteiger partial charge in [0.25, 0.3) is 5.56 Å². The fourth-order valence-electron chi connectivity index (χ4n) is 4.79. The molecule has 3 aliphatic rings. The predicted octanol–water partition coefficient (Wildman–Crippen LogP) is 3.10. The van der Waals surface area contributed by atoms with Crippen LogP contribution < -0.4 is 5.56 Å². The van der Waals surface area contributed by atoms with Gasteiger partial charge in [0.15, 0.2) is 0 Å². The van der Waals surface area contributed by atoms with E-state index in [1.54, 1.807) is 11.3 Å². The second-order valence-electron chi connectivity index (χ2n) is 8.78. The van der Waals surface area contributed by atoms with Crippen molar-refractivity contribution in [2.75, 3.05) is 13.1 Å². The molecule has 2 aromatic rings. The van der Waals surface area contributed by atoms with Crippen LogP contribution in [0.5, 0.6) is 0 Å². The lowest BCUT2D eigenvalue weighted by atomic mass is 9.99. The van der Waals surface area contributed by atoms with E-state index in [2.05, 4.69) is 34.3 Å². The molecule has 0 bridgehead atoms. The lowest BCUT2D eigenvalue weighted by molar-refractivity contribution is -0.137. The Bertz CT molecular complexity index is 954. The maximum absolute atomic E-state index is 13.0. The maximum Gasteiger partial charge on any atom is 0.254 e. The van der Waals surface area contributed by atoms with E-state index < -0.39 is 0 Å². The van der Waals surface area contributed by atoms with Crippen molar-refractivity contribution >= 4 is 17.2 Å². The van der Waals surface area contributed by atoms with Gasteiger partial charge in [-0.05, 0) is 49.5 Å². The molecular formula is C22H28N4O2S. The number of nitrogens with one attached hydrogen (secondary N) is 1. The van der Waals surface area contributed by atoms with Crippen molar-refractivity contribution in [3.8, 4) is 0 Å². The first-order valence-corrected chi connectivity index (χ1v) is 11.7. The van der Waals surface area contributed by atoms with Crippen LogP contribution in [0.15, 0.2) is 22.3 Å². The zero-order valence-electron chi connectivity index (χ0n) is 16.9. The molecule has 0 spiro atoms. The van der Waals surface area contributed by atoms with Crippen LogP contribution >= 0.6 is 11.3 Å². The number of aromatic amines is 1. The van der Waals surface area contributed by atoms with Gasteiger partial charge < -0.3 is 9.88 Å². The summed E-state index contributed by atoms with van der Waals surface area (Å²) < 4.78 is 0. The lowest BCUT2D eigenvalue weighted by Crippen LogP contribution is -2.42. The first-order valence-electron chi connectivity index (χ1n) is 10.8. The Morgan fingerprint density at radius 1 is 1.34 bits per heavy atom. The summed E-state index contributed by atoms with van der Waals surface area (Å²) in [6.07, 6.45) is 4.71. The van der Waals surface area contributed by atoms with E-state index >= 15 is 0 Å². The zero-order valence-corrected chi connectivity index (χ0v) is 17.7. The number of rotatable bonds is 4. The van der Waals surface area contributed by atoms with Crippen LogP contribution in [-0.4, -0.2) is 38.8 Å². The number of nitrogens with zero attached hydrogens (tertiary/aromatic N) is 3. The monoisotopic (exact) mass is 412 g/mol. The smallest absolute Gasteiger partial charge is 0.254 e. The minimum absolute atomic E-state index is 0.0152. The highest BCUT2D eigenvalue weighted by Crippen LogP contribution is 2.42. The van der Waals surface area contributed by atoms with Crippen molar-refractivity contribution in [1.82, 2.24) is 19.8 Å². The largest absolute Gasteiger partial charge is 0.332 e. The summed E-state index contributed by atoms with van der Waals surface area (Å²) in [6.45, 7) is 5.39. The van der Waals surface area contributed by atoms with Gasteiger partial charge in [-0.1, -0.05) is 13.0 Å². The molecule has 1 aliphatic carbocycles. The Kier molecular flexibility index (Phi) is 5.04. The number of amides is 1. The topological polar surface area (TPSA) is 69.3 Å². The minimum atomic E-state index is -0.0882. The number of carbonyl (C=O) groups excluding carboxylic acids is 1. The third kappa shape index (κ3) is 3.78. The van der Waals surface area contributed by atoms with E-state index in [-0.39, 0.29) is 23.4 Å². The molecule has 1 saturated heterocycles. The first-order chi connectivity index (χ1) is 14.1. The second kappa shape index (κ2) is 7.69. The summed E-state index contributed by atoms with van der Waals surface area (Å²) in [4.78, 5) is 39.4. The predicted molar refractivity (Wildman–Crippen MR) is 113 cm³/mol. The molecular weight excluding hydrogens is 384 g/mol. The minimum Gasteiger partial charge on any atom is -0.332 e. The molecule has 0 radical (unpaired) electrons. The fraction of sp³-hybridized carbons (Fsp3) is 0.591. The molecule has 3 atom stereocenters. The van der Waals surface area contributed by atoms with Gasteiger partial charge in [0.05, 0.1) is 11.7 Å². The number of fused-ring (bicyclic) bond motifs is 1. The molecule has 29 heavy (non-hydrogen) atoms. The number of aromatic nitrogens is 2. The molecule has 2 aromatic heterocycles. The molecule has 154 valence electrons. The van der Waals surface area contributed by atoms with Gasteiger partial charge in [-0.25, -0.2) is 4.98 Å². The highest BCUT2D eigenvalue weighted by Gasteiger charge is 2.44. The number of H-pyrrole nitrogens is 1. The normalized spacial score (nSPS) is 26.9. The van der Waals surface area contributed by atoms with Crippen LogP contribution in [0.3, 0.4) is 0 Å². The fourth-order valence-corrected chi connectivity index (χ4v) is 5.53. The number of likely N-dealkylation sites (tertiary alicyclic amines) is 1. The molecule has 7 heteroatoms. The molecule has 6 nitrogen and oxygen atoms in total. The summed E-state index contributed by atoms with van der Waals surface area (Å²) in [5, 5.41) is 2.10. The molecule has 2 aliphatic heterocycles. The van der Waals surface area contributed by atoms with Crippen molar-refractivity contribution in [2.24, 2.45) is 11.8 Å². The van der Waals surface area contributed by atoms with Crippen molar-refractivity contribution in [2.45, 2.75) is 58.2 Å². The summed E-state index contributed by atoms with van der Waals surface area (Å²) in [7, 11) is 0. The van der Waals surface area contributed by atoms with E-state index in [9.17, 15) is 9.59 Å². The molecule has 1 saturated carbocycles. The lowest BCUT2D eigenvalue weighted by Gasteiger charge is -2.36. The summed E-state index contributed by atoms with van der Waals surface area (Å²) in [5.41, 5.74) is 1.70. The van der Waals surface area contributed by atoms with E-state index in [1.807, 2.05) is 4.90 Å². The Morgan fingerprint density at radius 2 is 2.21 bits per heavy atom. The summed E-state index contributed by atoms with van der Waals surface area (Å²) in [5.74, 6) is 1.60. The Hall–Kier alpha value is -1.99. The van der Waals surface area contributed by atoms with E-state index in [4.69, 9.17) is 4.98 Å². The summed E-state index contributed by atoms with van der Waals surface area (Å²) >= 11 is 1.76. The van der Waals surface area contributed by atoms with Gasteiger partial charge in [-0.3, -0.25) is 14.5 Å². The molecule has 0 unspecified atom stereocenters. The van der Waals surface area contributed by atoms with Crippen LogP contribution in [0.4, 0.5) is 0 Å². The van der Waals surface area contributed by atoms with Gasteiger partial charge in [-0.15, -0.1) is 11.3 Å². The first kappa shape index (κ1) is 19.0. The molecule has 1 N–H and O–H groups in total. The van der Waals surface area contributed by atoms with Gasteiger partial charge in [-0.2, -0.15) is 0 Å². The average Bonchev–Trinajstić information content (AvgIpc) is 3.23. The third-order valence-corrected chi connectivity index (χ3v) is 7.52. The van der Waals surface area contributed by atoms with Gasteiger partial charge in [0.2, 0.25) is 5.91 Å². The molecule has 5 rings (SSSR count). The van der Waals surface area contributed by atoms with Crippen LogP contribution in [0.2, 0.25) is 0 Å². The van der Waals surface area contributed by atoms with Crippen LogP contribution in [-0.2, 0) is 24.3 Å². The highest BCUT2D eigenvalue weighted by molar-refractivity contribution is 7.09. The molecule has 0 aromatic carbocycles. The second-order valence-corrected chi connectivity index (χ2v) is 9.81. The van der Waals surface area contributed by atoms with Crippen molar-refractivity contribution < 1.29 is 4.79 Å². The van der Waals surface area contributed by atoms with Gasteiger partial charge in [0, 0.05) is 42.5 Å². The van der Waals surface area contributed by atoms with E-state index in [0.717, 1.165) is 63.0 Å².